The van der Waals surface area contributed by atoms with Crippen LogP contribution in [0.4, 0.5) is 24.5 Å². The Morgan fingerprint density at radius 2 is 1.56 bits per heavy atom. The minimum absolute atomic E-state index is 0.131. The number of carbonyl (C=O) groups is 2. The molecule has 6 unspecified atom stereocenters. The first kappa shape index (κ1) is 16.7. The van der Waals surface area contributed by atoms with Crippen LogP contribution in [-0.2, 0) is 15.8 Å². The largest absolute Gasteiger partial charge is 0.423 e. The number of carbonyl (C=O) groups excluding carboxylic acids is 2. The number of nitrogens with zero attached hydrogens (tertiary/aromatic N) is 2. The summed E-state index contributed by atoms with van der Waals surface area (Å²) in [5, 5.41) is 10.9. The second-order valence-electron chi connectivity index (χ2n) is 7.99. The van der Waals surface area contributed by atoms with E-state index < -0.39 is 46.0 Å². The second kappa shape index (κ2) is 5.08. The van der Waals surface area contributed by atoms with E-state index in [1.54, 1.807) is 0 Å². The van der Waals surface area contributed by atoms with Gasteiger partial charge in [-0.25, -0.2) is 0 Å². The summed E-state index contributed by atoms with van der Waals surface area (Å²) in [6.07, 6.45) is -2.15. The standard InChI is InChI=1S/C18H15F3N2O4/c19-18(20,21)12-5-7(1-4-13(12)23(26)27)22-16(24)14-8-2-3-9(11-6-10(8)11)15(14)17(22)25/h1,4-5,8-11,14-15H,2-3,6H2. The number of hydrogen-bond donors (Lipinski definition) is 0. The van der Waals surface area contributed by atoms with Crippen molar-refractivity contribution >= 4 is 23.2 Å². The van der Waals surface area contributed by atoms with E-state index in [2.05, 4.69) is 0 Å². The van der Waals surface area contributed by atoms with Gasteiger partial charge in [-0.15, -0.1) is 0 Å². The predicted octanol–water partition coefficient (Wildman–Crippen LogP) is 3.40. The lowest BCUT2D eigenvalue weighted by Gasteiger charge is -2.42. The SMILES string of the molecule is O=C1C2C3CCC(C4CC43)C2C(=O)N1c1ccc([N+](=O)[O-])c(C(F)(F)F)c1. The maximum absolute atomic E-state index is 13.3. The van der Waals surface area contributed by atoms with E-state index in [-0.39, 0.29) is 17.5 Å². The zero-order chi connectivity index (χ0) is 19.2. The van der Waals surface area contributed by atoms with E-state index >= 15 is 0 Å². The fraction of sp³-hybridized carbons (Fsp3) is 0.556. The predicted molar refractivity (Wildman–Crippen MR) is 85.4 cm³/mol. The van der Waals surface area contributed by atoms with Crippen LogP contribution in [0.5, 0.6) is 0 Å². The van der Waals surface area contributed by atoms with Crippen molar-refractivity contribution in [2.75, 3.05) is 4.90 Å². The maximum Gasteiger partial charge on any atom is 0.423 e. The zero-order valence-corrected chi connectivity index (χ0v) is 14.0. The van der Waals surface area contributed by atoms with Gasteiger partial charge in [0.1, 0.15) is 5.56 Å². The normalized spacial score (nSPS) is 36.6. The quantitative estimate of drug-likeness (QED) is 0.447. The molecule has 0 spiro atoms. The second-order valence-corrected chi connectivity index (χ2v) is 7.99. The molecular weight excluding hydrogens is 365 g/mol. The highest BCUT2D eigenvalue weighted by Crippen LogP contribution is 2.68. The summed E-state index contributed by atoms with van der Waals surface area (Å²) in [5.41, 5.74) is -2.78. The number of imide groups is 1. The molecule has 1 heterocycles. The number of benzene rings is 1. The molecular formula is C18H15F3N2O4. The number of anilines is 1. The molecule has 2 bridgehead atoms. The number of alkyl halides is 3. The summed E-state index contributed by atoms with van der Waals surface area (Å²) >= 11 is 0. The topological polar surface area (TPSA) is 80.5 Å². The lowest BCUT2D eigenvalue weighted by atomic mass is 9.59. The molecule has 6 rings (SSSR count). The van der Waals surface area contributed by atoms with Crippen molar-refractivity contribution in [3.05, 3.63) is 33.9 Å². The van der Waals surface area contributed by atoms with Crippen molar-refractivity contribution in [3.8, 4) is 0 Å². The van der Waals surface area contributed by atoms with Gasteiger partial charge in [0.15, 0.2) is 0 Å². The van der Waals surface area contributed by atoms with Gasteiger partial charge in [0.2, 0.25) is 11.8 Å². The number of halogens is 3. The maximum atomic E-state index is 13.3. The first-order chi connectivity index (χ1) is 12.7. The van der Waals surface area contributed by atoms with Crippen molar-refractivity contribution in [2.45, 2.75) is 25.4 Å². The molecule has 5 fully saturated rings. The van der Waals surface area contributed by atoms with Gasteiger partial charge in [0.25, 0.3) is 5.69 Å². The van der Waals surface area contributed by atoms with Crippen LogP contribution in [0.15, 0.2) is 18.2 Å². The van der Waals surface area contributed by atoms with E-state index in [1.807, 2.05) is 0 Å². The van der Waals surface area contributed by atoms with Crippen LogP contribution in [0.2, 0.25) is 0 Å². The van der Waals surface area contributed by atoms with E-state index in [0.29, 0.717) is 24.0 Å². The van der Waals surface area contributed by atoms with Crippen molar-refractivity contribution < 1.29 is 27.7 Å². The van der Waals surface area contributed by atoms with E-state index in [0.717, 1.165) is 30.2 Å². The molecule has 6 atom stereocenters. The summed E-state index contributed by atoms with van der Waals surface area (Å²) in [6, 6.07) is 2.32. The minimum Gasteiger partial charge on any atom is -0.274 e. The molecule has 2 amide bonds. The first-order valence-corrected chi connectivity index (χ1v) is 8.93. The van der Waals surface area contributed by atoms with Crippen LogP contribution in [0, 0.1) is 45.6 Å². The van der Waals surface area contributed by atoms with E-state index in [4.69, 9.17) is 0 Å². The molecule has 0 radical (unpaired) electrons. The van der Waals surface area contributed by atoms with Gasteiger partial charge in [-0.05, 0) is 55.1 Å². The van der Waals surface area contributed by atoms with Gasteiger partial charge in [0.05, 0.1) is 22.4 Å². The first-order valence-electron chi connectivity index (χ1n) is 8.93. The third kappa shape index (κ3) is 2.14. The fourth-order valence-electron chi connectivity index (χ4n) is 5.84. The third-order valence-electron chi connectivity index (χ3n) is 6.89. The molecule has 1 aliphatic heterocycles. The summed E-state index contributed by atoms with van der Waals surface area (Å²) in [4.78, 5) is 36.6. The molecule has 142 valence electrons. The summed E-state index contributed by atoms with van der Waals surface area (Å²) < 4.78 is 39.8. The number of fused-ring (bicyclic) bond motifs is 1. The lowest BCUT2D eigenvalue weighted by Crippen LogP contribution is -2.43. The Labute approximate surface area is 151 Å². The molecule has 4 saturated carbocycles. The Balaban J connectivity index is 1.57. The molecule has 5 aliphatic rings. The highest BCUT2D eigenvalue weighted by atomic mass is 19.4. The van der Waals surface area contributed by atoms with Crippen LogP contribution in [0.1, 0.15) is 24.8 Å². The van der Waals surface area contributed by atoms with Crippen LogP contribution >= 0.6 is 0 Å². The zero-order valence-electron chi connectivity index (χ0n) is 14.0. The Kier molecular flexibility index (Phi) is 3.14. The average molecular weight is 380 g/mol. The molecule has 9 heteroatoms. The minimum atomic E-state index is -4.96. The Bertz CT molecular complexity index is 865. The Morgan fingerprint density at radius 3 is 2.04 bits per heavy atom. The molecule has 0 aromatic heterocycles. The van der Waals surface area contributed by atoms with Gasteiger partial charge in [-0.3, -0.25) is 24.6 Å². The van der Waals surface area contributed by atoms with Crippen LogP contribution in [-0.4, -0.2) is 16.7 Å². The van der Waals surface area contributed by atoms with Gasteiger partial charge < -0.3 is 0 Å². The number of amides is 2. The van der Waals surface area contributed by atoms with Crippen molar-refractivity contribution in [1.29, 1.82) is 0 Å². The lowest BCUT2D eigenvalue weighted by molar-refractivity contribution is -0.388. The smallest absolute Gasteiger partial charge is 0.274 e. The van der Waals surface area contributed by atoms with Gasteiger partial charge in [0, 0.05) is 6.07 Å². The fourth-order valence-corrected chi connectivity index (χ4v) is 5.84. The summed E-state index contributed by atoms with van der Waals surface area (Å²) in [6.45, 7) is 0. The van der Waals surface area contributed by atoms with Crippen LogP contribution < -0.4 is 4.90 Å². The van der Waals surface area contributed by atoms with E-state index in [9.17, 15) is 32.9 Å². The highest BCUT2D eigenvalue weighted by molar-refractivity contribution is 6.22. The molecule has 1 aromatic carbocycles. The van der Waals surface area contributed by atoms with Gasteiger partial charge >= 0.3 is 6.18 Å². The number of rotatable bonds is 2. The monoisotopic (exact) mass is 380 g/mol. The molecule has 27 heavy (non-hydrogen) atoms. The average Bonchev–Trinajstić information content (AvgIpc) is 3.38. The van der Waals surface area contributed by atoms with Crippen molar-refractivity contribution in [1.82, 2.24) is 0 Å². The van der Waals surface area contributed by atoms with E-state index in [1.165, 1.54) is 0 Å². The Hall–Kier alpha value is -2.45. The third-order valence-corrected chi connectivity index (χ3v) is 6.89. The van der Waals surface area contributed by atoms with Crippen LogP contribution in [0.3, 0.4) is 0 Å². The molecule has 1 aromatic rings. The number of nitro groups is 1. The number of hydrogen-bond acceptors (Lipinski definition) is 4. The molecule has 1 saturated heterocycles. The summed E-state index contributed by atoms with van der Waals surface area (Å²) in [7, 11) is 0. The number of nitro benzene ring substituents is 1. The van der Waals surface area contributed by atoms with Crippen LogP contribution in [0.25, 0.3) is 0 Å². The highest BCUT2D eigenvalue weighted by Gasteiger charge is 2.68. The van der Waals surface area contributed by atoms with Crippen molar-refractivity contribution in [2.24, 2.45) is 35.5 Å². The van der Waals surface area contributed by atoms with Gasteiger partial charge in [-0.2, -0.15) is 13.2 Å². The summed E-state index contributed by atoms with van der Waals surface area (Å²) in [5.74, 6) is -0.625. The van der Waals surface area contributed by atoms with Crippen molar-refractivity contribution in [3.63, 3.8) is 0 Å². The molecule has 4 aliphatic carbocycles. The molecule has 0 N–H and O–H groups in total. The molecule has 6 nitrogen and oxygen atoms in total. The Morgan fingerprint density at radius 1 is 1.00 bits per heavy atom. The van der Waals surface area contributed by atoms with Gasteiger partial charge in [-0.1, -0.05) is 0 Å².